The molecule has 25 heavy (non-hydrogen) atoms. The standard InChI is InChI=1S/C19H17ClN2O3/c20-14-6-7-16-15(12-14)17(23)19(18(24)21-16,13-4-2-1-3-5-13)22-8-10-25-11-9-22/h1-7,12H,8-11H2,(H,21,24). The third-order valence-corrected chi connectivity index (χ3v) is 5.04. The van der Waals surface area contributed by atoms with Gasteiger partial charge in [0.25, 0.3) is 5.91 Å². The lowest BCUT2D eigenvalue weighted by atomic mass is 9.77. The number of benzene rings is 2. The van der Waals surface area contributed by atoms with E-state index in [0.29, 0.717) is 48.1 Å². The second-order valence-electron chi connectivity index (χ2n) is 6.15. The molecule has 1 atom stereocenters. The summed E-state index contributed by atoms with van der Waals surface area (Å²) in [5, 5.41) is 3.37. The van der Waals surface area contributed by atoms with Crippen LogP contribution in [0.5, 0.6) is 0 Å². The summed E-state index contributed by atoms with van der Waals surface area (Å²) in [5.74, 6) is -0.581. The number of fused-ring (bicyclic) bond motifs is 1. The maximum atomic E-state index is 13.6. The molecule has 2 aliphatic heterocycles. The SMILES string of the molecule is O=C1Nc2ccc(Cl)cc2C(=O)C1(c1ccccc1)N1CCOCC1. The lowest BCUT2D eigenvalue weighted by Crippen LogP contribution is -2.63. The fraction of sp³-hybridized carbons (Fsp3) is 0.263. The van der Waals surface area contributed by atoms with E-state index in [1.54, 1.807) is 18.2 Å². The lowest BCUT2D eigenvalue weighted by molar-refractivity contribution is -0.129. The predicted molar refractivity (Wildman–Crippen MR) is 94.9 cm³/mol. The fourth-order valence-corrected chi connectivity index (χ4v) is 3.81. The molecule has 1 amide bonds. The molecular formula is C19H17ClN2O3. The number of Topliss-reactive ketones (excluding diaryl/α,β-unsaturated/α-hetero) is 1. The Balaban J connectivity index is 1.94. The molecule has 0 radical (unpaired) electrons. The van der Waals surface area contributed by atoms with Gasteiger partial charge in [-0.05, 0) is 23.8 Å². The molecule has 1 unspecified atom stereocenters. The van der Waals surface area contributed by atoms with Gasteiger partial charge in [-0.3, -0.25) is 14.5 Å². The first-order valence-electron chi connectivity index (χ1n) is 8.18. The van der Waals surface area contributed by atoms with Crippen molar-refractivity contribution in [1.29, 1.82) is 0 Å². The van der Waals surface area contributed by atoms with E-state index >= 15 is 0 Å². The summed E-state index contributed by atoms with van der Waals surface area (Å²) in [6.07, 6.45) is 0. The predicted octanol–water partition coefficient (Wildman–Crippen LogP) is 2.70. The highest BCUT2D eigenvalue weighted by Gasteiger charge is 2.55. The van der Waals surface area contributed by atoms with Gasteiger partial charge in [0.15, 0.2) is 11.3 Å². The van der Waals surface area contributed by atoms with Crippen LogP contribution in [0.25, 0.3) is 0 Å². The lowest BCUT2D eigenvalue weighted by Gasteiger charge is -2.45. The van der Waals surface area contributed by atoms with E-state index in [4.69, 9.17) is 16.3 Å². The minimum absolute atomic E-state index is 0.248. The molecule has 2 aliphatic rings. The summed E-state index contributed by atoms with van der Waals surface area (Å²) in [7, 11) is 0. The number of halogens is 1. The summed E-state index contributed by atoms with van der Waals surface area (Å²) in [5.41, 5.74) is 0.189. The molecule has 2 aromatic carbocycles. The Morgan fingerprint density at radius 3 is 2.48 bits per heavy atom. The van der Waals surface area contributed by atoms with Gasteiger partial charge in [-0.15, -0.1) is 0 Å². The number of carbonyl (C=O) groups excluding carboxylic acids is 2. The zero-order valence-electron chi connectivity index (χ0n) is 13.5. The topological polar surface area (TPSA) is 58.6 Å². The van der Waals surface area contributed by atoms with Gasteiger partial charge in [0.05, 0.1) is 18.9 Å². The maximum Gasteiger partial charge on any atom is 0.257 e. The summed E-state index contributed by atoms with van der Waals surface area (Å²) >= 11 is 6.10. The quantitative estimate of drug-likeness (QED) is 0.840. The molecule has 1 saturated heterocycles. The van der Waals surface area contributed by atoms with E-state index < -0.39 is 5.54 Å². The minimum atomic E-state index is -1.40. The third kappa shape index (κ3) is 2.47. The highest BCUT2D eigenvalue weighted by Crippen LogP contribution is 2.40. The van der Waals surface area contributed by atoms with Gasteiger partial charge in [0.2, 0.25) is 0 Å². The Bertz CT molecular complexity index is 834. The molecule has 5 nitrogen and oxygen atoms in total. The van der Waals surface area contributed by atoms with Crippen LogP contribution >= 0.6 is 11.6 Å². The van der Waals surface area contributed by atoms with Crippen molar-refractivity contribution in [1.82, 2.24) is 4.90 Å². The Labute approximate surface area is 150 Å². The second kappa shape index (κ2) is 6.26. The number of amides is 1. The molecule has 0 bridgehead atoms. The molecule has 1 N–H and O–H groups in total. The smallest absolute Gasteiger partial charge is 0.257 e. The molecule has 128 valence electrons. The highest BCUT2D eigenvalue weighted by atomic mass is 35.5. The van der Waals surface area contributed by atoms with Crippen LogP contribution in [0.4, 0.5) is 5.69 Å². The molecule has 0 aromatic heterocycles. The van der Waals surface area contributed by atoms with Crippen LogP contribution < -0.4 is 5.32 Å². The second-order valence-corrected chi connectivity index (χ2v) is 6.59. The molecule has 1 fully saturated rings. The Morgan fingerprint density at radius 2 is 1.76 bits per heavy atom. The molecule has 0 spiro atoms. The zero-order valence-corrected chi connectivity index (χ0v) is 14.3. The van der Waals surface area contributed by atoms with Gasteiger partial charge >= 0.3 is 0 Å². The largest absolute Gasteiger partial charge is 0.379 e. The molecule has 2 heterocycles. The van der Waals surface area contributed by atoms with Crippen molar-refractivity contribution in [2.75, 3.05) is 31.6 Å². The van der Waals surface area contributed by atoms with Crippen molar-refractivity contribution in [3.8, 4) is 0 Å². The normalized spacial score (nSPS) is 23.9. The molecule has 4 rings (SSSR count). The number of ketones is 1. The average molecular weight is 357 g/mol. The number of carbonyl (C=O) groups is 2. The van der Waals surface area contributed by atoms with E-state index in [9.17, 15) is 9.59 Å². The van der Waals surface area contributed by atoms with E-state index in [1.165, 1.54) is 0 Å². The summed E-state index contributed by atoms with van der Waals surface area (Å²) in [4.78, 5) is 28.7. The number of morpholine rings is 1. The Hall–Kier alpha value is -2.21. The van der Waals surface area contributed by atoms with Crippen LogP contribution in [0.1, 0.15) is 15.9 Å². The first kappa shape index (κ1) is 16.3. The molecule has 0 saturated carbocycles. The van der Waals surface area contributed by atoms with Crippen LogP contribution in [0.2, 0.25) is 5.02 Å². The number of ether oxygens (including phenoxy) is 1. The first-order valence-corrected chi connectivity index (χ1v) is 8.56. The average Bonchev–Trinajstić information content (AvgIpc) is 2.65. The van der Waals surface area contributed by atoms with Gasteiger partial charge in [-0.25, -0.2) is 0 Å². The molecule has 6 heteroatoms. The van der Waals surface area contributed by atoms with Gasteiger partial charge in [0, 0.05) is 23.7 Å². The number of nitrogens with zero attached hydrogens (tertiary/aromatic N) is 1. The van der Waals surface area contributed by atoms with Gasteiger partial charge < -0.3 is 10.1 Å². The first-order chi connectivity index (χ1) is 12.1. The number of hydrogen-bond donors (Lipinski definition) is 1. The van der Waals surface area contributed by atoms with Crippen molar-refractivity contribution in [2.45, 2.75) is 5.54 Å². The molecule has 2 aromatic rings. The Kier molecular flexibility index (Phi) is 4.07. The van der Waals surface area contributed by atoms with Crippen LogP contribution in [0.3, 0.4) is 0 Å². The van der Waals surface area contributed by atoms with Crippen molar-refractivity contribution in [3.63, 3.8) is 0 Å². The van der Waals surface area contributed by atoms with Gasteiger partial charge in [0.1, 0.15) is 0 Å². The van der Waals surface area contributed by atoms with Crippen molar-refractivity contribution < 1.29 is 14.3 Å². The van der Waals surface area contributed by atoms with E-state index in [-0.39, 0.29) is 11.7 Å². The van der Waals surface area contributed by atoms with Gasteiger partial charge in [-0.1, -0.05) is 41.9 Å². The van der Waals surface area contributed by atoms with Crippen LogP contribution in [-0.2, 0) is 15.1 Å². The van der Waals surface area contributed by atoms with Gasteiger partial charge in [-0.2, -0.15) is 0 Å². The van der Waals surface area contributed by atoms with Crippen molar-refractivity contribution in [2.24, 2.45) is 0 Å². The number of rotatable bonds is 2. The highest BCUT2D eigenvalue weighted by molar-refractivity contribution is 6.33. The summed E-state index contributed by atoms with van der Waals surface area (Å²) in [6.45, 7) is 1.98. The maximum absolute atomic E-state index is 13.6. The number of hydrogen-bond acceptors (Lipinski definition) is 4. The summed E-state index contributed by atoms with van der Waals surface area (Å²) < 4.78 is 5.42. The summed E-state index contributed by atoms with van der Waals surface area (Å²) in [6, 6.07) is 14.1. The van der Waals surface area contributed by atoms with Crippen LogP contribution in [0, 0.1) is 0 Å². The third-order valence-electron chi connectivity index (χ3n) is 4.81. The van der Waals surface area contributed by atoms with Crippen LogP contribution in [0.15, 0.2) is 48.5 Å². The number of anilines is 1. The van der Waals surface area contributed by atoms with Crippen molar-refractivity contribution in [3.05, 3.63) is 64.7 Å². The Morgan fingerprint density at radius 1 is 1.04 bits per heavy atom. The fourth-order valence-electron chi connectivity index (χ4n) is 3.63. The molecular weight excluding hydrogens is 340 g/mol. The van der Waals surface area contributed by atoms with Crippen LogP contribution in [-0.4, -0.2) is 42.9 Å². The minimum Gasteiger partial charge on any atom is -0.379 e. The zero-order chi connectivity index (χ0) is 17.4. The van der Waals surface area contributed by atoms with E-state index in [1.807, 2.05) is 35.2 Å². The van der Waals surface area contributed by atoms with E-state index in [2.05, 4.69) is 5.32 Å². The molecule has 0 aliphatic carbocycles. The number of nitrogens with one attached hydrogen (secondary N) is 1. The van der Waals surface area contributed by atoms with E-state index in [0.717, 1.165) is 0 Å². The monoisotopic (exact) mass is 356 g/mol. The van der Waals surface area contributed by atoms with Crippen molar-refractivity contribution >= 4 is 29.0 Å².